The number of ether oxygens (including phenoxy) is 1. The van der Waals surface area contributed by atoms with Crippen LogP contribution in [0, 0.1) is 0 Å². The maximum Gasteiger partial charge on any atom is 0.240 e. The van der Waals surface area contributed by atoms with Crippen molar-refractivity contribution >= 4 is 22.8 Å². The lowest BCUT2D eigenvalue weighted by atomic mass is 10.1. The SMILES string of the molecule is COc1cccc(-c2cc3c(N4CCCC4C(N)=O)nc(-c4ccccc4)nc3[nH]2)c1. The number of benzene rings is 2. The van der Waals surface area contributed by atoms with Gasteiger partial charge in [-0.2, -0.15) is 0 Å². The third kappa shape index (κ3) is 3.48. The number of primary amides is 1. The van der Waals surface area contributed by atoms with E-state index in [0.717, 1.165) is 58.8 Å². The maximum atomic E-state index is 12.1. The summed E-state index contributed by atoms with van der Waals surface area (Å²) in [5.74, 6) is 1.79. The van der Waals surface area contributed by atoms with E-state index < -0.39 is 0 Å². The van der Waals surface area contributed by atoms with Crippen molar-refractivity contribution < 1.29 is 9.53 Å². The van der Waals surface area contributed by atoms with Gasteiger partial charge >= 0.3 is 0 Å². The molecule has 1 atom stereocenters. The van der Waals surface area contributed by atoms with E-state index in [9.17, 15) is 4.79 Å². The average molecular weight is 413 g/mol. The van der Waals surface area contributed by atoms with Crippen LogP contribution in [0.25, 0.3) is 33.7 Å². The molecule has 1 saturated heterocycles. The van der Waals surface area contributed by atoms with Gasteiger partial charge in [0.05, 0.1) is 12.5 Å². The smallest absolute Gasteiger partial charge is 0.240 e. The summed E-state index contributed by atoms with van der Waals surface area (Å²) in [6.07, 6.45) is 1.63. The molecule has 7 heteroatoms. The first kappa shape index (κ1) is 19.1. The van der Waals surface area contributed by atoms with Crippen molar-refractivity contribution in [2.45, 2.75) is 18.9 Å². The van der Waals surface area contributed by atoms with Crippen molar-refractivity contribution in [1.82, 2.24) is 15.0 Å². The molecule has 4 aromatic rings. The second kappa shape index (κ2) is 7.75. The Labute approximate surface area is 179 Å². The number of H-pyrrole nitrogens is 1. The fourth-order valence-electron chi connectivity index (χ4n) is 4.19. The third-order valence-electron chi connectivity index (χ3n) is 5.73. The van der Waals surface area contributed by atoms with Gasteiger partial charge in [0.1, 0.15) is 23.3 Å². The summed E-state index contributed by atoms with van der Waals surface area (Å²) < 4.78 is 5.37. The number of aromatic nitrogens is 3. The van der Waals surface area contributed by atoms with E-state index in [1.54, 1.807) is 7.11 Å². The molecule has 0 aliphatic carbocycles. The normalized spacial score (nSPS) is 16.0. The molecule has 5 rings (SSSR count). The van der Waals surface area contributed by atoms with Gasteiger partial charge in [-0.25, -0.2) is 9.97 Å². The summed E-state index contributed by atoms with van der Waals surface area (Å²) in [4.78, 5) is 27.2. The van der Waals surface area contributed by atoms with Gasteiger partial charge in [-0.05, 0) is 31.0 Å². The Kier molecular flexibility index (Phi) is 4.78. The fourth-order valence-corrected chi connectivity index (χ4v) is 4.19. The minimum atomic E-state index is -0.364. The highest BCUT2D eigenvalue weighted by molar-refractivity contribution is 5.95. The number of methoxy groups -OCH3 is 1. The highest BCUT2D eigenvalue weighted by atomic mass is 16.5. The second-order valence-electron chi connectivity index (χ2n) is 7.67. The van der Waals surface area contributed by atoms with E-state index in [4.69, 9.17) is 20.4 Å². The lowest BCUT2D eigenvalue weighted by molar-refractivity contribution is -0.119. The zero-order valence-corrected chi connectivity index (χ0v) is 17.2. The molecule has 31 heavy (non-hydrogen) atoms. The summed E-state index contributed by atoms with van der Waals surface area (Å²) in [5, 5.41) is 0.866. The minimum absolute atomic E-state index is 0.325. The molecule has 1 amide bonds. The lowest BCUT2D eigenvalue weighted by Crippen LogP contribution is -2.40. The molecule has 2 aromatic heterocycles. The van der Waals surface area contributed by atoms with Crippen LogP contribution in [-0.4, -0.2) is 40.6 Å². The molecule has 156 valence electrons. The number of carbonyl (C=O) groups is 1. The first-order chi connectivity index (χ1) is 15.1. The second-order valence-corrected chi connectivity index (χ2v) is 7.67. The number of rotatable bonds is 5. The Bertz CT molecular complexity index is 1250. The Morgan fingerprint density at radius 1 is 1.10 bits per heavy atom. The molecule has 1 unspecified atom stereocenters. The molecular weight excluding hydrogens is 390 g/mol. The van der Waals surface area contributed by atoms with Crippen LogP contribution in [0.15, 0.2) is 60.7 Å². The van der Waals surface area contributed by atoms with Gasteiger partial charge in [0.2, 0.25) is 5.91 Å². The first-order valence-corrected chi connectivity index (χ1v) is 10.3. The van der Waals surface area contributed by atoms with Crippen molar-refractivity contribution in [3.8, 4) is 28.4 Å². The third-order valence-corrected chi connectivity index (χ3v) is 5.73. The van der Waals surface area contributed by atoms with Gasteiger partial charge in [0.25, 0.3) is 0 Å². The molecule has 1 aliphatic heterocycles. The number of anilines is 1. The fraction of sp³-hybridized carbons (Fsp3) is 0.208. The maximum absolute atomic E-state index is 12.1. The quantitative estimate of drug-likeness (QED) is 0.519. The average Bonchev–Trinajstić information content (AvgIpc) is 3.46. The number of nitrogens with two attached hydrogens (primary N) is 1. The zero-order chi connectivity index (χ0) is 21.4. The molecule has 0 saturated carbocycles. The summed E-state index contributed by atoms with van der Waals surface area (Å²) >= 11 is 0. The largest absolute Gasteiger partial charge is 0.497 e. The molecule has 0 spiro atoms. The zero-order valence-electron chi connectivity index (χ0n) is 17.2. The Morgan fingerprint density at radius 3 is 2.68 bits per heavy atom. The van der Waals surface area contributed by atoms with Crippen LogP contribution in [0.3, 0.4) is 0 Å². The Balaban J connectivity index is 1.70. The molecule has 0 bridgehead atoms. The van der Waals surface area contributed by atoms with Crippen LogP contribution >= 0.6 is 0 Å². The number of fused-ring (bicyclic) bond motifs is 1. The molecule has 7 nitrogen and oxygen atoms in total. The molecular formula is C24H23N5O2. The molecule has 3 heterocycles. The van der Waals surface area contributed by atoms with Gasteiger partial charge < -0.3 is 20.4 Å². The van der Waals surface area contributed by atoms with E-state index in [-0.39, 0.29) is 11.9 Å². The summed E-state index contributed by atoms with van der Waals surface area (Å²) in [6.45, 7) is 0.730. The molecule has 2 aromatic carbocycles. The lowest BCUT2D eigenvalue weighted by Gasteiger charge is -2.24. The van der Waals surface area contributed by atoms with Gasteiger partial charge in [-0.15, -0.1) is 0 Å². The molecule has 3 N–H and O–H groups in total. The van der Waals surface area contributed by atoms with E-state index in [0.29, 0.717) is 5.82 Å². The highest BCUT2D eigenvalue weighted by Gasteiger charge is 2.32. The topological polar surface area (TPSA) is 97.1 Å². The summed E-state index contributed by atoms with van der Waals surface area (Å²) in [6, 6.07) is 19.3. The predicted octanol–water partition coefficient (Wildman–Crippen LogP) is 3.75. The molecule has 1 fully saturated rings. The van der Waals surface area contributed by atoms with Crippen molar-refractivity contribution in [3.63, 3.8) is 0 Å². The van der Waals surface area contributed by atoms with E-state index >= 15 is 0 Å². The van der Waals surface area contributed by atoms with Gasteiger partial charge in [-0.1, -0.05) is 42.5 Å². The molecule has 0 radical (unpaired) electrons. The number of nitrogens with zero attached hydrogens (tertiary/aromatic N) is 3. The summed E-state index contributed by atoms with van der Waals surface area (Å²) in [7, 11) is 1.65. The first-order valence-electron chi connectivity index (χ1n) is 10.3. The Hall–Kier alpha value is -3.87. The van der Waals surface area contributed by atoms with Crippen LogP contribution < -0.4 is 15.4 Å². The minimum Gasteiger partial charge on any atom is -0.497 e. The van der Waals surface area contributed by atoms with Crippen LogP contribution in [0.5, 0.6) is 5.75 Å². The van der Waals surface area contributed by atoms with Crippen LogP contribution in [-0.2, 0) is 4.79 Å². The number of hydrogen-bond donors (Lipinski definition) is 2. The molecule has 1 aliphatic rings. The van der Waals surface area contributed by atoms with Gasteiger partial charge in [-0.3, -0.25) is 4.79 Å². The highest BCUT2D eigenvalue weighted by Crippen LogP contribution is 2.35. The standard InChI is InChI=1S/C24H23N5O2/c1-31-17-10-5-9-16(13-17)19-14-18-23(26-19)27-22(15-7-3-2-4-8-15)28-24(18)29-12-6-11-20(29)21(25)30/h2-5,7-10,13-14,20H,6,11-12H2,1H3,(H2,25,30)(H,26,27,28). The number of carbonyl (C=O) groups excluding carboxylic acids is 1. The summed E-state index contributed by atoms with van der Waals surface area (Å²) in [5.41, 5.74) is 9.23. The van der Waals surface area contributed by atoms with Crippen LogP contribution in [0.2, 0.25) is 0 Å². The van der Waals surface area contributed by atoms with Crippen molar-refractivity contribution in [2.75, 3.05) is 18.6 Å². The number of hydrogen-bond acceptors (Lipinski definition) is 5. The van der Waals surface area contributed by atoms with Crippen molar-refractivity contribution in [1.29, 1.82) is 0 Å². The van der Waals surface area contributed by atoms with Crippen LogP contribution in [0.1, 0.15) is 12.8 Å². The van der Waals surface area contributed by atoms with E-state index in [1.807, 2.05) is 65.6 Å². The Morgan fingerprint density at radius 2 is 1.90 bits per heavy atom. The van der Waals surface area contributed by atoms with Gasteiger partial charge in [0.15, 0.2) is 5.82 Å². The predicted molar refractivity (Wildman–Crippen MR) is 121 cm³/mol. The van der Waals surface area contributed by atoms with E-state index in [2.05, 4.69) is 4.98 Å². The number of amides is 1. The van der Waals surface area contributed by atoms with Crippen molar-refractivity contribution in [3.05, 3.63) is 60.7 Å². The van der Waals surface area contributed by atoms with E-state index in [1.165, 1.54) is 0 Å². The number of aromatic amines is 1. The van der Waals surface area contributed by atoms with Crippen LogP contribution in [0.4, 0.5) is 5.82 Å². The monoisotopic (exact) mass is 413 g/mol. The number of nitrogens with one attached hydrogen (secondary N) is 1. The van der Waals surface area contributed by atoms with Crippen molar-refractivity contribution in [2.24, 2.45) is 5.73 Å². The van der Waals surface area contributed by atoms with Gasteiger partial charge in [0, 0.05) is 23.4 Å².